The summed E-state index contributed by atoms with van der Waals surface area (Å²) in [6.07, 6.45) is 1.69. The minimum Gasteiger partial charge on any atom is -0.189 e. The molecule has 0 unspecified atom stereocenters. The minimum absolute atomic E-state index is 1.09. The van der Waals surface area contributed by atoms with E-state index in [1.807, 2.05) is 53.3 Å². The van der Waals surface area contributed by atoms with Crippen LogP contribution in [-0.2, 0) is 0 Å². The molecule has 0 spiro atoms. The predicted octanol–water partition coefficient (Wildman–Crippen LogP) is 2.38. The molecule has 0 saturated carbocycles. The van der Waals surface area contributed by atoms with Gasteiger partial charge in [0.25, 0.3) is 0 Å². The first-order valence-electron chi connectivity index (χ1n) is 2.59. The zero-order valence-electron chi connectivity index (χ0n) is 4.75. The monoisotopic (exact) mass is 233 g/mol. The van der Waals surface area contributed by atoms with Gasteiger partial charge in [0.05, 0.1) is 5.56 Å². The second-order valence-electron chi connectivity index (χ2n) is 1.62. The predicted molar refractivity (Wildman–Crippen MR) is 45.8 cm³/mol. The van der Waals surface area contributed by atoms with E-state index in [-0.39, 0.29) is 0 Å². The number of hydrogen-bond donors (Lipinski definition) is 0. The smallest absolute Gasteiger partial charge is 0.189 e. The summed E-state index contributed by atoms with van der Waals surface area (Å²) in [7, 11) is 0. The third kappa shape index (κ3) is 2.13. The van der Waals surface area contributed by atoms with Crippen LogP contribution >= 0.6 is 23.0 Å². The van der Waals surface area contributed by atoms with Gasteiger partial charge in [-0.2, -0.15) is 2.75 Å². The Balaban J connectivity index is 2.85. The van der Waals surface area contributed by atoms with Gasteiger partial charge < -0.3 is 0 Å². The second kappa shape index (κ2) is 3.61. The highest BCUT2D eigenvalue weighted by Gasteiger charge is 1.89. The average molecular weight is 233 g/mol. The number of hydrogen-bond acceptors (Lipinski definition) is 0. The van der Waals surface area contributed by atoms with Crippen LogP contribution in [0.1, 0.15) is 8.32 Å². The fourth-order valence-corrected chi connectivity index (χ4v) is 0.877. The van der Waals surface area contributed by atoms with E-state index in [0.29, 0.717) is 0 Å². The Bertz CT molecular complexity index is 193. The Labute approximate surface area is 68.1 Å². The van der Waals surface area contributed by atoms with Gasteiger partial charge in [-0.25, -0.2) is 0 Å². The van der Waals surface area contributed by atoms with E-state index >= 15 is 0 Å². The van der Waals surface area contributed by atoms with Gasteiger partial charge in [-0.05, 0) is 12.1 Å². The molecule has 0 aromatic heterocycles. The summed E-state index contributed by atoms with van der Waals surface area (Å²) in [5.74, 6) is 0. The molecule has 0 amide bonds. The molecular formula is C7H6IO+. The quantitative estimate of drug-likeness (QED) is 0.401. The molecule has 1 rings (SSSR count). The summed E-state index contributed by atoms with van der Waals surface area (Å²) in [4.78, 5) is 0. The molecule has 0 aliphatic rings. The molecule has 1 aromatic rings. The topological polar surface area (TPSA) is 11.3 Å². The van der Waals surface area contributed by atoms with Crippen molar-refractivity contribution in [2.24, 2.45) is 0 Å². The van der Waals surface area contributed by atoms with Crippen LogP contribution in [0.3, 0.4) is 0 Å². The average Bonchev–Trinajstić information content (AvgIpc) is 1.91. The first-order chi connectivity index (χ1) is 4.43. The zero-order valence-corrected chi connectivity index (χ0v) is 6.91. The molecule has 46 valence electrons. The van der Waals surface area contributed by atoms with Crippen molar-refractivity contribution in [1.82, 2.24) is 0 Å². The van der Waals surface area contributed by atoms with E-state index in [4.69, 9.17) is 2.75 Å². The lowest BCUT2D eigenvalue weighted by molar-refractivity contribution is 0.0422. The number of carbonyl (C=O) groups excluding carboxylic acids is 1. The van der Waals surface area contributed by atoms with E-state index < -0.39 is 0 Å². The minimum atomic E-state index is 1.09. The third-order valence-electron chi connectivity index (χ3n) is 0.980. The largest absolute Gasteiger partial charge is 0.574 e. The molecule has 1 nitrogen and oxygen atoms in total. The highest BCUT2D eigenvalue weighted by Crippen LogP contribution is 1.94. The van der Waals surface area contributed by atoms with Crippen molar-refractivity contribution >= 4 is 29.3 Å². The molecule has 0 aliphatic heterocycles. The number of rotatable bonds is 1. The standard InChI is InChI=1S/C7H6IO/c8-9-6-7-4-2-1-3-5-7/h1-6H/q+1. The summed E-state index contributed by atoms with van der Waals surface area (Å²) in [6.45, 7) is 0. The van der Waals surface area contributed by atoms with Gasteiger partial charge in [-0.1, -0.05) is 18.2 Å². The van der Waals surface area contributed by atoms with Crippen molar-refractivity contribution in [2.45, 2.75) is 0 Å². The van der Waals surface area contributed by atoms with Crippen molar-refractivity contribution in [1.29, 1.82) is 0 Å². The van der Waals surface area contributed by atoms with Crippen LogP contribution in [-0.4, -0.2) is 6.29 Å². The van der Waals surface area contributed by atoms with E-state index in [2.05, 4.69) is 0 Å². The summed E-state index contributed by atoms with van der Waals surface area (Å²) in [5.41, 5.74) is 1.09. The molecular weight excluding hydrogens is 227 g/mol. The Morgan fingerprint density at radius 1 is 1.22 bits per heavy atom. The summed E-state index contributed by atoms with van der Waals surface area (Å²) in [5, 5.41) is 0. The van der Waals surface area contributed by atoms with Crippen LogP contribution in [0.5, 0.6) is 0 Å². The molecule has 0 bridgehead atoms. The Hall–Kier alpha value is -0.380. The molecule has 0 atom stereocenters. The SMILES string of the molecule is I[O+]=Cc1ccccc1. The molecule has 0 saturated heterocycles. The maximum absolute atomic E-state index is 4.77. The van der Waals surface area contributed by atoms with Gasteiger partial charge in [0, 0.05) is 0 Å². The van der Waals surface area contributed by atoms with E-state index in [0.717, 1.165) is 5.56 Å². The molecule has 1 aromatic carbocycles. The van der Waals surface area contributed by atoms with E-state index in [1.165, 1.54) is 0 Å². The second-order valence-corrected chi connectivity index (χ2v) is 2.13. The van der Waals surface area contributed by atoms with Gasteiger partial charge in [-0.15, -0.1) is 0 Å². The molecule has 0 fully saturated rings. The first kappa shape index (κ1) is 6.74. The van der Waals surface area contributed by atoms with Crippen molar-refractivity contribution in [2.75, 3.05) is 0 Å². The maximum Gasteiger partial charge on any atom is 0.574 e. The molecule has 0 N–H and O–H groups in total. The van der Waals surface area contributed by atoms with Crippen LogP contribution in [0.15, 0.2) is 30.3 Å². The van der Waals surface area contributed by atoms with Crippen molar-refractivity contribution < 1.29 is 2.75 Å². The Morgan fingerprint density at radius 3 is 2.44 bits per heavy atom. The van der Waals surface area contributed by atoms with Crippen LogP contribution in [0.2, 0.25) is 0 Å². The number of benzene rings is 1. The van der Waals surface area contributed by atoms with Crippen LogP contribution < -0.4 is 0 Å². The molecule has 2 heteroatoms. The van der Waals surface area contributed by atoms with Crippen molar-refractivity contribution in [3.63, 3.8) is 0 Å². The van der Waals surface area contributed by atoms with Gasteiger partial charge in [0.2, 0.25) is 0 Å². The van der Waals surface area contributed by atoms with Crippen LogP contribution in [0.4, 0.5) is 0 Å². The lowest BCUT2D eigenvalue weighted by Crippen LogP contribution is -1.74. The van der Waals surface area contributed by atoms with Gasteiger partial charge in [0.15, 0.2) is 0 Å². The summed E-state index contributed by atoms with van der Waals surface area (Å²) in [6, 6.07) is 9.89. The van der Waals surface area contributed by atoms with Crippen LogP contribution in [0, 0.1) is 0 Å². The van der Waals surface area contributed by atoms with Gasteiger partial charge in [-0.3, -0.25) is 0 Å². The normalized spacial score (nSPS) is 10.3. The van der Waals surface area contributed by atoms with Crippen molar-refractivity contribution in [3.05, 3.63) is 35.9 Å². The zero-order chi connectivity index (χ0) is 6.53. The lowest BCUT2D eigenvalue weighted by Gasteiger charge is -1.79. The molecule has 9 heavy (non-hydrogen) atoms. The van der Waals surface area contributed by atoms with Crippen LogP contribution in [0.25, 0.3) is 0 Å². The summed E-state index contributed by atoms with van der Waals surface area (Å²) >= 11 is 1.84. The fraction of sp³-hybridized carbons (Fsp3) is 0. The number of aldehydes is 1. The molecule has 0 radical (unpaired) electrons. The summed E-state index contributed by atoms with van der Waals surface area (Å²) < 4.78 is 4.77. The number of halogens is 1. The Kier molecular flexibility index (Phi) is 2.70. The highest BCUT2D eigenvalue weighted by atomic mass is 127. The molecule has 0 aliphatic carbocycles. The third-order valence-corrected chi connectivity index (χ3v) is 1.23. The molecule has 0 heterocycles. The first-order valence-corrected chi connectivity index (χ1v) is 3.47. The van der Waals surface area contributed by atoms with Gasteiger partial charge in [0.1, 0.15) is 0 Å². The van der Waals surface area contributed by atoms with Crippen molar-refractivity contribution in [3.8, 4) is 0 Å². The Morgan fingerprint density at radius 2 is 1.89 bits per heavy atom. The maximum atomic E-state index is 4.77. The van der Waals surface area contributed by atoms with E-state index in [9.17, 15) is 0 Å². The lowest BCUT2D eigenvalue weighted by atomic mass is 10.2. The fourth-order valence-electron chi connectivity index (χ4n) is 0.583. The van der Waals surface area contributed by atoms with Gasteiger partial charge >= 0.3 is 29.3 Å². The van der Waals surface area contributed by atoms with E-state index in [1.54, 1.807) is 6.29 Å². The highest BCUT2D eigenvalue weighted by molar-refractivity contribution is 14.1.